The number of hydrogen-bond acceptors (Lipinski definition) is 3. The lowest BCUT2D eigenvalue weighted by molar-refractivity contribution is 0.569. The molecule has 0 radical (unpaired) electrons. The highest BCUT2D eigenvalue weighted by Gasteiger charge is 2.10. The summed E-state index contributed by atoms with van der Waals surface area (Å²) < 4.78 is 35.1. The Bertz CT molecular complexity index is 445. The lowest BCUT2D eigenvalue weighted by Crippen LogP contribution is -2.26. The monoisotopic (exact) mass is 245 g/mol. The maximum Gasteiger partial charge on any atom is 0.147 e. The average Bonchev–Trinajstić information content (AvgIpc) is 2.18. The third-order valence-corrected chi connectivity index (χ3v) is 3.28. The number of hydrogen-bond donors (Lipinski definition) is 1. The summed E-state index contributed by atoms with van der Waals surface area (Å²) in [5.41, 5.74) is 6.28. The van der Waals surface area contributed by atoms with Crippen molar-refractivity contribution in [1.82, 2.24) is 0 Å². The van der Waals surface area contributed by atoms with Gasteiger partial charge in [-0.25, -0.2) is 12.8 Å². The van der Waals surface area contributed by atoms with Crippen molar-refractivity contribution in [3.05, 3.63) is 35.6 Å². The van der Waals surface area contributed by atoms with Gasteiger partial charge in [-0.05, 0) is 24.5 Å². The smallest absolute Gasteiger partial charge is 0.147 e. The molecule has 0 aliphatic rings. The lowest BCUT2D eigenvalue weighted by atomic mass is 10.0. The fourth-order valence-electron chi connectivity index (χ4n) is 1.41. The van der Waals surface area contributed by atoms with E-state index in [1.807, 2.05) is 0 Å². The molecule has 16 heavy (non-hydrogen) atoms. The van der Waals surface area contributed by atoms with E-state index >= 15 is 0 Å². The number of sulfone groups is 1. The molecule has 1 aromatic rings. The van der Waals surface area contributed by atoms with Gasteiger partial charge >= 0.3 is 0 Å². The van der Waals surface area contributed by atoms with Gasteiger partial charge in [0.05, 0.1) is 5.75 Å². The van der Waals surface area contributed by atoms with Crippen molar-refractivity contribution in [1.29, 1.82) is 0 Å². The molecule has 0 aromatic heterocycles. The molecule has 0 aliphatic carbocycles. The van der Waals surface area contributed by atoms with E-state index in [4.69, 9.17) is 5.73 Å². The first kappa shape index (κ1) is 13.1. The fourth-order valence-corrected chi connectivity index (χ4v) is 2.14. The summed E-state index contributed by atoms with van der Waals surface area (Å²) in [6.45, 7) is 0. The topological polar surface area (TPSA) is 60.2 Å². The molecule has 1 aromatic carbocycles. The zero-order chi connectivity index (χ0) is 12.2. The molecular weight excluding hydrogens is 229 g/mol. The molecule has 90 valence electrons. The van der Waals surface area contributed by atoms with Crippen LogP contribution in [0.5, 0.6) is 0 Å². The van der Waals surface area contributed by atoms with Crippen LogP contribution < -0.4 is 5.73 Å². The van der Waals surface area contributed by atoms with E-state index in [0.29, 0.717) is 18.4 Å². The Morgan fingerprint density at radius 3 is 2.56 bits per heavy atom. The lowest BCUT2D eigenvalue weighted by Gasteiger charge is -2.11. The Morgan fingerprint density at radius 1 is 1.38 bits per heavy atom. The highest BCUT2D eigenvalue weighted by atomic mass is 32.2. The molecule has 3 nitrogen and oxygen atoms in total. The predicted molar refractivity (Wildman–Crippen MR) is 62.4 cm³/mol. The van der Waals surface area contributed by atoms with Crippen LogP contribution in [0.25, 0.3) is 0 Å². The first-order valence-corrected chi connectivity index (χ1v) is 7.11. The third kappa shape index (κ3) is 4.72. The molecule has 2 N–H and O–H groups in total. The molecule has 0 saturated carbocycles. The molecule has 1 unspecified atom stereocenters. The summed E-state index contributed by atoms with van der Waals surface area (Å²) >= 11 is 0. The van der Waals surface area contributed by atoms with E-state index in [0.717, 1.165) is 0 Å². The largest absolute Gasteiger partial charge is 0.327 e. The van der Waals surface area contributed by atoms with Crippen molar-refractivity contribution in [3.8, 4) is 0 Å². The van der Waals surface area contributed by atoms with Crippen molar-refractivity contribution in [2.24, 2.45) is 5.73 Å². The third-order valence-electron chi connectivity index (χ3n) is 2.30. The van der Waals surface area contributed by atoms with E-state index in [1.165, 1.54) is 12.3 Å². The minimum atomic E-state index is -3.00. The molecule has 0 bridgehead atoms. The van der Waals surface area contributed by atoms with Gasteiger partial charge in [-0.15, -0.1) is 0 Å². The van der Waals surface area contributed by atoms with Crippen LogP contribution in [0.4, 0.5) is 4.39 Å². The molecule has 0 heterocycles. The summed E-state index contributed by atoms with van der Waals surface area (Å²) in [5, 5.41) is 0. The van der Waals surface area contributed by atoms with Crippen molar-refractivity contribution >= 4 is 9.84 Å². The van der Waals surface area contributed by atoms with E-state index in [9.17, 15) is 12.8 Å². The summed E-state index contributed by atoms with van der Waals surface area (Å²) in [4.78, 5) is 0. The minimum absolute atomic E-state index is 0.0443. The fraction of sp³-hybridized carbons (Fsp3) is 0.455. The van der Waals surface area contributed by atoms with Crippen LogP contribution in [-0.2, 0) is 16.3 Å². The Kier molecular flexibility index (Phi) is 4.44. The van der Waals surface area contributed by atoms with Crippen molar-refractivity contribution in [3.63, 3.8) is 0 Å². The molecule has 1 rings (SSSR count). The highest BCUT2D eigenvalue weighted by Crippen LogP contribution is 2.10. The van der Waals surface area contributed by atoms with Gasteiger partial charge < -0.3 is 5.73 Å². The van der Waals surface area contributed by atoms with Gasteiger partial charge in [-0.2, -0.15) is 0 Å². The molecule has 5 heteroatoms. The van der Waals surface area contributed by atoms with Gasteiger partial charge in [-0.1, -0.05) is 18.2 Å². The van der Waals surface area contributed by atoms with Gasteiger partial charge in [0.1, 0.15) is 15.7 Å². The average molecular weight is 245 g/mol. The van der Waals surface area contributed by atoms with Gasteiger partial charge in [0, 0.05) is 12.3 Å². The minimum Gasteiger partial charge on any atom is -0.327 e. The van der Waals surface area contributed by atoms with Crippen LogP contribution in [-0.4, -0.2) is 26.5 Å². The first-order chi connectivity index (χ1) is 7.38. The first-order valence-electron chi connectivity index (χ1n) is 5.05. The van der Waals surface area contributed by atoms with Crippen LogP contribution in [0, 0.1) is 5.82 Å². The second-order valence-corrected chi connectivity index (χ2v) is 6.23. The Balaban J connectivity index is 2.52. The molecule has 0 fully saturated rings. The normalized spacial score (nSPS) is 13.7. The maximum absolute atomic E-state index is 13.3. The van der Waals surface area contributed by atoms with E-state index in [-0.39, 0.29) is 17.6 Å². The van der Waals surface area contributed by atoms with Crippen molar-refractivity contribution in [2.75, 3.05) is 12.0 Å². The number of halogens is 1. The van der Waals surface area contributed by atoms with Gasteiger partial charge in [0.2, 0.25) is 0 Å². The van der Waals surface area contributed by atoms with E-state index < -0.39 is 9.84 Å². The second-order valence-electron chi connectivity index (χ2n) is 3.97. The van der Waals surface area contributed by atoms with Crippen molar-refractivity contribution < 1.29 is 12.8 Å². The molecule has 0 saturated heterocycles. The number of nitrogens with two attached hydrogens (primary N) is 1. The number of rotatable bonds is 5. The zero-order valence-corrected chi connectivity index (χ0v) is 10.0. The second kappa shape index (κ2) is 5.41. The van der Waals surface area contributed by atoms with Crippen LogP contribution in [0.2, 0.25) is 0 Å². The van der Waals surface area contributed by atoms with Gasteiger partial charge in [0.25, 0.3) is 0 Å². The van der Waals surface area contributed by atoms with Crippen LogP contribution in [0.1, 0.15) is 12.0 Å². The van der Waals surface area contributed by atoms with Crippen molar-refractivity contribution in [2.45, 2.75) is 18.9 Å². The molecule has 1 atom stereocenters. The summed E-state index contributed by atoms with van der Waals surface area (Å²) in [6.07, 6.45) is 1.89. The Labute approximate surface area is 95.4 Å². The summed E-state index contributed by atoms with van der Waals surface area (Å²) in [7, 11) is -3.00. The Morgan fingerprint density at radius 2 is 2.00 bits per heavy atom. The SMILES string of the molecule is CS(=O)(=O)CCC(N)Cc1ccccc1F. The maximum atomic E-state index is 13.3. The molecular formula is C11H16FNO2S. The van der Waals surface area contributed by atoms with E-state index in [1.54, 1.807) is 18.2 Å². The van der Waals surface area contributed by atoms with Crippen LogP contribution >= 0.6 is 0 Å². The zero-order valence-electron chi connectivity index (χ0n) is 9.19. The molecule has 0 spiro atoms. The summed E-state index contributed by atoms with van der Waals surface area (Å²) in [6, 6.07) is 6.06. The Hall–Kier alpha value is -0.940. The number of benzene rings is 1. The van der Waals surface area contributed by atoms with Gasteiger partial charge in [0.15, 0.2) is 0 Å². The van der Waals surface area contributed by atoms with Crippen LogP contribution in [0.3, 0.4) is 0 Å². The predicted octanol–water partition coefficient (Wildman–Crippen LogP) is 1.13. The standard InChI is InChI=1S/C11H16FNO2S/c1-16(14,15)7-6-10(13)8-9-4-2-3-5-11(9)12/h2-5,10H,6-8,13H2,1H3. The van der Waals surface area contributed by atoms with E-state index in [2.05, 4.69) is 0 Å². The molecule has 0 aliphatic heterocycles. The quantitative estimate of drug-likeness (QED) is 0.846. The highest BCUT2D eigenvalue weighted by molar-refractivity contribution is 7.90. The van der Waals surface area contributed by atoms with Crippen LogP contribution in [0.15, 0.2) is 24.3 Å². The molecule has 0 amide bonds. The summed E-state index contributed by atoms with van der Waals surface area (Å²) in [5.74, 6) is -0.250. The van der Waals surface area contributed by atoms with Gasteiger partial charge in [-0.3, -0.25) is 0 Å².